The average Bonchev–Trinajstić information content (AvgIpc) is 2.10. The highest BCUT2D eigenvalue weighted by molar-refractivity contribution is 8.00. The summed E-state index contributed by atoms with van der Waals surface area (Å²) in [5, 5.41) is 0. The van der Waals surface area contributed by atoms with Crippen LogP contribution < -0.4 is 0 Å². The van der Waals surface area contributed by atoms with Crippen LogP contribution in [0.1, 0.15) is 20.3 Å². The number of hydrogen-bond acceptors (Lipinski definition) is 1. The number of terminal acetylenes is 1. The highest BCUT2D eigenvalue weighted by atomic mass is 32.0. The van der Waals surface area contributed by atoms with E-state index in [1.807, 2.05) is 6.92 Å². The molecule has 0 aromatic heterocycles. The van der Waals surface area contributed by atoms with Gasteiger partial charge in [-0.1, -0.05) is 21.8 Å². The van der Waals surface area contributed by atoms with E-state index in [2.05, 4.69) is 33.6 Å². The van der Waals surface area contributed by atoms with E-state index in [9.17, 15) is 0 Å². The van der Waals surface area contributed by atoms with Crippen molar-refractivity contribution >= 4 is 17.4 Å². The zero-order chi connectivity index (χ0) is 9.40. The molecule has 0 fully saturated rings. The smallest absolute Gasteiger partial charge is 0.125 e. The van der Waals surface area contributed by atoms with Crippen LogP contribution in [0.15, 0.2) is 0 Å². The van der Waals surface area contributed by atoms with E-state index in [1.165, 1.54) is 0 Å². The van der Waals surface area contributed by atoms with Gasteiger partial charge in [-0.2, -0.15) is 0 Å². The Kier molecular flexibility index (Phi) is 7.54. The monoisotopic (exact) mass is 200 g/mol. The molecular formula is C9H14OP2. The minimum atomic E-state index is -0.0957. The Morgan fingerprint density at radius 2 is 2.33 bits per heavy atom. The molecule has 0 heterocycles. The van der Waals surface area contributed by atoms with Crippen molar-refractivity contribution in [2.45, 2.75) is 26.4 Å². The molecule has 0 aliphatic rings. The Morgan fingerprint density at radius 3 is 2.75 bits per heavy atom. The lowest BCUT2D eigenvalue weighted by Gasteiger charge is -2.15. The van der Waals surface area contributed by atoms with Crippen LogP contribution in [-0.4, -0.2) is 6.10 Å². The lowest BCUT2D eigenvalue weighted by Crippen LogP contribution is -2.15. The molecule has 0 amide bonds. The Balaban J connectivity index is 3.92. The van der Waals surface area contributed by atoms with Crippen LogP contribution >= 0.6 is 17.4 Å². The zero-order valence-electron chi connectivity index (χ0n) is 7.42. The topological polar surface area (TPSA) is 9.23 Å². The molecule has 0 rings (SSSR count). The standard InChI is InChI=1S/C9H14OP2/c1-4-6-7-8(3)9(5-2)10-12-11/h2,8-9,12H,7,11H2,1,3H3/t8?,9-/m1/s1. The van der Waals surface area contributed by atoms with Gasteiger partial charge in [0.1, 0.15) is 6.10 Å². The van der Waals surface area contributed by atoms with Gasteiger partial charge in [-0.15, -0.1) is 18.3 Å². The average molecular weight is 200 g/mol. The Labute approximate surface area is 79.0 Å². The quantitative estimate of drug-likeness (QED) is 0.500. The van der Waals surface area contributed by atoms with Gasteiger partial charge < -0.3 is 4.52 Å². The predicted molar refractivity (Wildman–Crippen MR) is 59.0 cm³/mol. The van der Waals surface area contributed by atoms with Gasteiger partial charge in [-0.25, -0.2) is 0 Å². The summed E-state index contributed by atoms with van der Waals surface area (Å²) in [6, 6.07) is 0. The zero-order valence-corrected chi connectivity index (χ0v) is 9.58. The van der Waals surface area contributed by atoms with Crippen molar-refractivity contribution < 1.29 is 4.52 Å². The maximum Gasteiger partial charge on any atom is 0.125 e. The molecule has 4 atom stereocenters. The van der Waals surface area contributed by atoms with Crippen molar-refractivity contribution in [2.75, 3.05) is 0 Å². The SMILES string of the molecule is C#C[C@@H](OPP)C(C)CC#CC. The maximum absolute atomic E-state index is 5.34. The van der Waals surface area contributed by atoms with Crippen LogP contribution in [0.25, 0.3) is 0 Å². The summed E-state index contributed by atoms with van der Waals surface area (Å²) in [5.74, 6) is 8.77. The molecule has 0 saturated heterocycles. The Morgan fingerprint density at radius 1 is 1.67 bits per heavy atom. The lowest BCUT2D eigenvalue weighted by atomic mass is 10.0. The fourth-order valence-electron chi connectivity index (χ4n) is 0.758. The fraction of sp³-hybridized carbons (Fsp3) is 0.556. The van der Waals surface area contributed by atoms with Gasteiger partial charge >= 0.3 is 0 Å². The molecule has 1 nitrogen and oxygen atoms in total. The van der Waals surface area contributed by atoms with Gasteiger partial charge in [-0.05, 0) is 6.92 Å². The highest BCUT2D eigenvalue weighted by Crippen LogP contribution is 2.27. The van der Waals surface area contributed by atoms with E-state index in [-0.39, 0.29) is 6.10 Å². The third kappa shape index (κ3) is 4.74. The summed E-state index contributed by atoms with van der Waals surface area (Å²) in [6.07, 6.45) is 6.01. The second-order valence-electron chi connectivity index (χ2n) is 2.43. The normalized spacial score (nSPS) is 14.8. The van der Waals surface area contributed by atoms with Crippen molar-refractivity contribution in [3.8, 4) is 24.2 Å². The second-order valence-corrected chi connectivity index (χ2v) is 3.61. The first-order valence-corrected chi connectivity index (χ1v) is 6.45. The molecule has 3 unspecified atom stereocenters. The summed E-state index contributed by atoms with van der Waals surface area (Å²) in [5.41, 5.74) is 0. The largest absolute Gasteiger partial charge is 0.342 e. The van der Waals surface area contributed by atoms with E-state index in [0.717, 1.165) is 6.42 Å². The van der Waals surface area contributed by atoms with Crippen molar-refractivity contribution in [1.82, 2.24) is 0 Å². The molecule has 0 aromatic carbocycles. The molecule has 0 bridgehead atoms. The van der Waals surface area contributed by atoms with Gasteiger partial charge in [0, 0.05) is 20.8 Å². The molecule has 0 aliphatic heterocycles. The van der Waals surface area contributed by atoms with Crippen LogP contribution in [0.4, 0.5) is 0 Å². The van der Waals surface area contributed by atoms with Gasteiger partial charge in [0.05, 0.1) is 0 Å². The Hall–Kier alpha value is -0.0600. The molecule has 0 aliphatic carbocycles. The van der Waals surface area contributed by atoms with Crippen LogP contribution in [-0.2, 0) is 4.52 Å². The van der Waals surface area contributed by atoms with Crippen molar-refractivity contribution in [3.63, 3.8) is 0 Å². The molecule has 0 spiro atoms. The van der Waals surface area contributed by atoms with Crippen LogP contribution in [0.5, 0.6) is 0 Å². The fourth-order valence-corrected chi connectivity index (χ4v) is 1.64. The first-order chi connectivity index (χ1) is 5.76. The second kappa shape index (κ2) is 7.58. The van der Waals surface area contributed by atoms with E-state index in [4.69, 9.17) is 10.9 Å². The number of rotatable bonds is 4. The minimum Gasteiger partial charge on any atom is -0.342 e. The van der Waals surface area contributed by atoms with Crippen LogP contribution in [0.2, 0.25) is 0 Å². The van der Waals surface area contributed by atoms with Crippen molar-refractivity contribution in [1.29, 1.82) is 0 Å². The van der Waals surface area contributed by atoms with E-state index in [0.29, 0.717) is 14.4 Å². The third-order valence-electron chi connectivity index (χ3n) is 1.48. The van der Waals surface area contributed by atoms with Gasteiger partial charge in [0.2, 0.25) is 0 Å². The first-order valence-electron chi connectivity index (χ1n) is 3.73. The van der Waals surface area contributed by atoms with Crippen LogP contribution in [0.3, 0.4) is 0 Å². The lowest BCUT2D eigenvalue weighted by molar-refractivity contribution is 0.232. The molecule has 0 aromatic rings. The Bertz CT molecular complexity index is 209. The third-order valence-corrected chi connectivity index (χ3v) is 2.28. The molecule has 0 radical (unpaired) electrons. The summed E-state index contributed by atoms with van der Waals surface area (Å²) in [6.45, 7) is 3.88. The predicted octanol–water partition coefficient (Wildman–Crippen LogP) is 2.44. The van der Waals surface area contributed by atoms with Crippen LogP contribution in [0, 0.1) is 30.1 Å². The highest BCUT2D eigenvalue weighted by Gasteiger charge is 2.12. The molecule has 3 heteroatoms. The number of hydrogen-bond donors (Lipinski definition) is 0. The summed E-state index contributed by atoms with van der Waals surface area (Å²) in [4.78, 5) is 0. The summed E-state index contributed by atoms with van der Waals surface area (Å²) < 4.78 is 5.34. The summed E-state index contributed by atoms with van der Waals surface area (Å²) >= 11 is 0. The van der Waals surface area contributed by atoms with Gasteiger partial charge in [0.15, 0.2) is 0 Å². The molecular weight excluding hydrogens is 186 g/mol. The molecule has 12 heavy (non-hydrogen) atoms. The maximum atomic E-state index is 5.34. The molecule has 0 N–H and O–H groups in total. The van der Waals surface area contributed by atoms with E-state index in [1.54, 1.807) is 0 Å². The minimum absolute atomic E-state index is 0.0957. The summed E-state index contributed by atoms with van der Waals surface area (Å²) in [7, 11) is 2.89. The first kappa shape index (κ1) is 11.9. The van der Waals surface area contributed by atoms with Crippen molar-refractivity contribution in [3.05, 3.63) is 0 Å². The molecule has 0 saturated carbocycles. The molecule has 66 valence electrons. The van der Waals surface area contributed by atoms with Gasteiger partial charge in [-0.3, -0.25) is 0 Å². The van der Waals surface area contributed by atoms with Gasteiger partial charge in [0.25, 0.3) is 0 Å². The van der Waals surface area contributed by atoms with E-state index < -0.39 is 0 Å². The van der Waals surface area contributed by atoms with E-state index >= 15 is 0 Å². The van der Waals surface area contributed by atoms with Crippen molar-refractivity contribution in [2.24, 2.45) is 5.92 Å².